The van der Waals surface area contributed by atoms with Gasteiger partial charge < -0.3 is 5.32 Å². The molecule has 1 fully saturated rings. The number of aryl methyl sites for hydroxylation is 2. The topological polar surface area (TPSA) is 37.8 Å². The summed E-state index contributed by atoms with van der Waals surface area (Å²) in [5.74, 6) is 2.46. The fourth-order valence-electron chi connectivity index (χ4n) is 2.39. The molecule has 0 bridgehead atoms. The van der Waals surface area contributed by atoms with E-state index in [1.807, 2.05) is 13.1 Å². The van der Waals surface area contributed by atoms with Gasteiger partial charge in [-0.2, -0.15) is 0 Å². The second-order valence-electron chi connectivity index (χ2n) is 5.40. The molecular weight excluding hydrogens is 234 g/mol. The Morgan fingerprint density at radius 2 is 1.68 bits per heavy atom. The Bertz CT molecular complexity index is 595. The Morgan fingerprint density at radius 1 is 1.00 bits per heavy atom. The van der Waals surface area contributed by atoms with E-state index in [0.717, 1.165) is 17.3 Å². The van der Waals surface area contributed by atoms with Gasteiger partial charge in [0, 0.05) is 24.6 Å². The molecule has 0 unspecified atom stereocenters. The lowest BCUT2D eigenvalue weighted by Crippen LogP contribution is -2.01. The third-order valence-electron chi connectivity index (χ3n) is 3.46. The fourth-order valence-corrected chi connectivity index (χ4v) is 2.39. The molecule has 1 aliphatic carbocycles. The van der Waals surface area contributed by atoms with Crippen LogP contribution in [0.3, 0.4) is 0 Å². The van der Waals surface area contributed by atoms with E-state index in [1.54, 1.807) is 0 Å². The van der Waals surface area contributed by atoms with E-state index in [-0.39, 0.29) is 0 Å². The number of hydrogen-bond acceptors (Lipinski definition) is 3. The standard InChI is InChI=1S/C16H19N3/c1-10-6-11(2)8-13(7-10)14-9-15(17-3)19-16(18-14)12-4-5-12/h6-9,12H,4-5H2,1-3H3,(H,17,18,19). The van der Waals surface area contributed by atoms with Crippen molar-refractivity contribution in [3.8, 4) is 11.3 Å². The van der Waals surface area contributed by atoms with Crippen molar-refractivity contribution in [2.45, 2.75) is 32.6 Å². The molecule has 1 saturated carbocycles. The third kappa shape index (κ3) is 2.60. The van der Waals surface area contributed by atoms with Crippen LogP contribution in [-0.4, -0.2) is 17.0 Å². The summed E-state index contributed by atoms with van der Waals surface area (Å²) in [7, 11) is 1.91. The summed E-state index contributed by atoms with van der Waals surface area (Å²) in [4.78, 5) is 9.31. The molecule has 19 heavy (non-hydrogen) atoms. The van der Waals surface area contributed by atoms with Crippen molar-refractivity contribution >= 4 is 5.82 Å². The molecule has 1 aromatic carbocycles. The molecule has 0 aliphatic heterocycles. The third-order valence-corrected chi connectivity index (χ3v) is 3.46. The second kappa shape index (κ2) is 4.65. The lowest BCUT2D eigenvalue weighted by atomic mass is 10.0. The summed E-state index contributed by atoms with van der Waals surface area (Å²) in [6, 6.07) is 8.59. The molecule has 98 valence electrons. The predicted molar refractivity (Wildman–Crippen MR) is 78.5 cm³/mol. The molecule has 3 heteroatoms. The van der Waals surface area contributed by atoms with Gasteiger partial charge in [-0.15, -0.1) is 0 Å². The zero-order valence-corrected chi connectivity index (χ0v) is 11.7. The van der Waals surface area contributed by atoms with Crippen molar-refractivity contribution in [2.75, 3.05) is 12.4 Å². The number of aromatic nitrogens is 2. The van der Waals surface area contributed by atoms with E-state index in [0.29, 0.717) is 5.92 Å². The molecule has 3 nitrogen and oxygen atoms in total. The first-order valence-electron chi connectivity index (χ1n) is 6.81. The summed E-state index contributed by atoms with van der Waals surface area (Å²) in [6.07, 6.45) is 2.44. The molecule has 1 heterocycles. The average molecular weight is 253 g/mol. The molecule has 0 saturated heterocycles. The van der Waals surface area contributed by atoms with Crippen LogP contribution in [0, 0.1) is 13.8 Å². The van der Waals surface area contributed by atoms with E-state index in [9.17, 15) is 0 Å². The van der Waals surface area contributed by atoms with Gasteiger partial charge in [0.2, 0.25) is 0 Å². The quantitative estimate of drug-likeness (QED) is 0.906. The van der Waals surface area contributed by atoms with Crippen molar-refractivity contribution in [1.82, 2.24) is 9.97 Å². The van der Waals surface area contributed by atoms with Crippen LogP contribution in [0.1, 0.15) is 35.7 Å². The van der Waals surface area contributed by atoms with Gasteiger partial charge in [0.15, 0.2) is 0 Å². The van der Waals surface area contributed by atoms with E-state index in [4.69, 9.17) is 4.98 Å². The van der Waals surface area contributed by atoms with E-state index >= 15 is 0 Å². The van der Waals surface area contributed by atoms with Crippen LogP contribution in [0.4, 0.5) is 5.82 Å². The Balaban J connectivity index is 2.09. The zero-order chi connectivity index (χ0) is 13.4. The molecule has 0 radical (unpaired) electrons. The Morgan fingerprint density at radius 3 is 2.26 bits per heavy atom. The molecular formula is C16H19N3. The second-order valence-corrected chi connectivity index (χ2v) is 5.40. The highest BCUT2D eigenvalue weighted by atomic mass is 15.0. The number of benzene rings is 1. The minimum atomic E-state index is 0.568. The monoisotopic (exact) mass is 253 g/mol. The summed E-state index contributed by atoms with van der Waals surface area (Å²) in [6.45, 7) is 4.25. The smallest absolute Gasteiger partial charge is 0.134 e. The number of rotatable bonds is 3. The first kappa shape index (κ1) is 12.2. The normalized spacial score (nSPS) is 14.5. The summed E-state index contributed by atoms with van der Waals surface area (Å²) >= 11 is 0. The summed E-state index contributed by atoms with van der Waals surface area (Å²) in [5, 5.41) is 3.14. The molecule has 0 spiro atoms. The van der Waals surface area contributed by atoms with Crippen LogP contribution in [0.5, 0.6) is 0 Å². The minimum absolute atomic E-state index is 0.568. The van der Waals surface area contributed by atoms with Gasteiger partial charge in [-0.05, 0) is 38.8 Å². The maximum atomic E-state index is 4.74. The van der Waals surface area contributed by atoms with Crippen LogP contribution >= 0.6 is 0 Å². The number of nitrogens with one attached hydrogen (secondary N) is 1. The van der Waals surface area contributed by atoms with Crippen molar-refractivity contribution in [2.24, 2.45) is 0 Å². The summed E-state index contributed by atoms with van der Waals surface area (Å²) < 4.78 is 0. The molecule has 1 N–H and O–H groups in total. The van der Waals surface area contributed by atoms with Gasteiger partial charge in [0.25, 0.3) is 0 Å². The van der Waals surface area contributed by atoms with E-state index < -0.39 is 0 Å². The van der Waals surface area contributed by atoms with Crippen LogP contribution < -0.4 is 5.32 Å². The van der Waals surface area contributed by atoms with Crippen molar-refractivity contribution in [1.29, 1.82) is 0 Å². The molecule has 3 rings (SSSR count). The minimum Gasteiger partial charge on any atom is -0.373 e. The summed E-state index contributed by atoms with van der Waals surface area (Å²) in [5.41, 5.74) is 4.74. The first-order valence-corrected chi connectivity index (χ1v) is 6.81. The van der Waals surface area contributed by atoms with Crippen molar-refractivity contribution in [3.05, 3.63) is 41.2 Å². The SMILES string of the molecule is CNc1cc(-c2cc(C)cc(C)c2)nc(C2CC2)n1. The van der Waals surface area contributed by atoms with Crippen LogP contribution in [0.25, 0.3) is 11.3 Å². The number of nitrogens with zero attached hydrogens (tertiary/aromatic N) is 2. The van der Waals surface area contributed by atoms with Gasteiger partial charge in [0.1, 0.15) is 11.6 Å². The first-order chi connectivity index (χ1) is 9.15. The Hall–Kier alpha value is -1.90. The predicted octanol–water partition coefficient (Wildman–Crippen LogP) is 3.68. The van der Waals surface area contributed by atoms with Crippen LogP contribution in [0.2, 0.25) is 0 Å². The van der Waals surface area contributed by atoms with Gasteiger partial charge >= 0.3 is 0 Å². The highest BCUT2D eigenvalue weighted by molar-refractivity contribution is 5.64. The van der Waals surface area contributed by atoms with E-state index in [1.165, 1.54) is 29.5 Å². The van der Waals surface area contributed by atoms with Gasteiger partial charge in [-0.1, -0.05) is 17.2 Å². The number of hydrogen-bond donors (Lipinski definition) is 1. The zero-order valence-electron chi connectivity index (χ0n) is 11.7. The maximum absolute atomic E-state index is 4.74. The Labute approximate surface area is 114 Å². The van der Waals surface area contributed by atoms with Crippen LogP contribution in [-0.2, 0) is 0 Å². The molecule has 0 atom stereocenters. The lowest BCUT2D eigenvalue weighted by molar-refractivity contribution is 0.932. The average Bonchev–Trinajstić information content (AvgIpc) is 3.21. The molecule has 0 amide bonds. The van der Waals surface area contributed by atoms with Crippen molar-refractivity contribution in [3.63, 3.8) is 0 Å². The van der Waals surface area contributed by atoms with Crippen LogP contribution in [0.15, 0.2) is 24.3 Å². The fraction of sp³-hybridized carbons (Fsp3) is 0.375. The maximum Gasteiger partial charge on any atom is 0.134 e. The number of anilines is 1. The van der Waals surface area contributed by atoms with Gasteiger partial charge in [-0.3, -0.25) is 0 Å². The Kier molecular flexibility index (Phi) is 2.97. The highest BCUT2D eigenvalue weighted by Gasteiger charge is 2.27. The van der Waals surface area contributed by atoms with E-state index in [2.05, 4.69) is 42.3 Å². The van der Waals surface area contributed by atoms with Gasteiger partial charge in [0.05, 0.1) is 5.69 Å². The molecule has 1 aliphatic rings. The van der Waals surface area contributed by atoms with Gasteiger partial charge in [-0.25, -0.2) is 9.97 Å². The molecule has 2 aromatic rings. The molecule has 1 aromatic heterocycles. The largest absolute Gasteiger partial charge is 0.373 e. The lowest BCUT2D eigenvalue weighted by Gasteiger charge is -2.09. The highest BCUT2D eigenvalue weighted by Crippen LogP contribution is 2.39. The van der Waals surface area contributed by atoms with Crippen molar-refractivity contribution < 1.29 is 0 Å².